The van der Waals surface area contributed by atoms with Crippen LogP contribution in [0.2, 0.25) is 0 Å². The van der Waals surface area contributed by atoms with Gasteiger partial charge < -0.3 is 20.2 Å². The van der Waals surface area contributed by atoms with Crippen molar-refractivity contribution >= 4 is 11.8 Å². The van der Waals surface area contributed by atoms with Crippen molar-refractivity contribution in [3.8, 4) is 11.4 Å². The molecule has 1 aromatic heterocycles. The molecule has 2 aromatic rings. The molecule has 0 bridgehead atoms. The third-order valence-corrected chi connectivity index (χ3v) is 4.22. The standard InChI is InChI=1S/C19H25N5O3/c1-4-10-27-16-11-13(18(25)20-5-2)6-9-15(16)24-12(3)17(22-23-24)19(26)21-14-7-8-14/h6,9,11,14H,4-5,7-8,10H2,1-3H3,(H,20,25)(H,21,26)/p-1. The lowest BCUT2D eigenvalue weighted by molar-refractivity contribution is -0.213. The highest BCUT2D eigenvalue weighted by Crippen LogP contribution is 2.26. The molecular weight excluding hydrogens is 346 g/mol. The summed E-state index contributed by atoms with van der Waals surface area (Å²) in [7, 11) is 0. The Balaban J connectivity index is 1.96. The molecule has 1 fully saturated rings. The molecule has 8 heteroatoms. The van der Waals surface area contributed by atoms with Crippen LogP contribution in [0.5, 0.6) is 5.75 Å². The van der Waals surface area contributed by atoms with Gasteiger partial charge in [0.25, 0.3) is 5.91 Å². The van der Waals surface area contributed by atoms with Crippen molar-refractivity contribution in [3.05, 3.63) is 35.2 Å². The number of aromatic nitrogens is 3. The molecule has 1 amide bonds. The molecule has 1 aromatic carbocycles. The van der Waals surface area contributed by atoms with Crippen LogP contribution in [0.15, 0.2) is 23.2 Å². The second-order valence-electron chi connectivity index (χ2n) is 6.49. The van der Waals surface area contributed by atoms with Crippen LogP contribution in [0.1, 0.15) is 54.9 Å². The Morgan fingerprint density at radius 1 is 1.41 bits per heavy atom. The quantitative estimate of drug-likeness (QED) is 0.558. The highest BCUT2D eigenvalue weighted by molar-refractivity contribution is 5.94. The number of carbonyl (C=O) groups excluding carboxylic acids is 1. The van der Waals surface area contributed by atoms with E-state index in [1.54, 1.807) is 29.8 Å². The van der Waals surface area contributed by atoms with Crippen molar-refractivity contribution in [3.63, 3.8) is 0 Å². The van der Waals surface area contributed by atoms with Gasteiger partial charge in [0.15, 0.2) is 5.69 Å². The first-order chi connectivity index (χ1) is 13.0. The first-order valence-electron chi connectivity index (χ1n) is 9.27. The highest BCUT2D eigenvalue weighted by atomic mass is 16.5. The van der Waals surface area contributed by atoms with Gasteiger partial charge in [0.05, 0.1) is 12.3 Å². The summed E-state index contributed by atoms with van der Waals surface area (Å²) < 4.78 is 7.39. The summed E-state index contributed by atoms with van der Waals surface area (Å²) in [6.07, 6.45) is 2.83. The zero-order valence-electron chi connectivity index (χ0n) is 15.9. The second-order valence-corrected chi connectivity index (χ2v) is 6.49. The number of rotatable bonds is 8. The van der Waals surface area contributed by atoms with Crippen LogP contribution in [0.3, 0.4) is 0 Å². The van der Waals surface area contributed by atoms with Crippen LogP contribution in [0.4, 0.5) is 0 Å². The van der Waals surface area contributed by atoms with Crippen molar-refractivity contribution in [2.75, 3.05) is 13.2 Å². The number of hydrogen-bond acceptors (Lipinski definition) is 6. The topological polar surface area (TPSA) is 104 Å². The number of aliphatic imine (C=N–C) groups is 1. The summed E-state index contributed by atoms with van der Waals surface area (Å²) in [5, 5.41) is 23.2. The summed E-state index contributed by atoms with van der Waals surface area (Å²) in [5.74, 6) is 0.00665. The lowest BCUT2D eigenvalue weighted by atomic mass is 10.1. The van der Waals surface area contributed by atoms with E-state index in [-0.39, 0.29) is 17.8 Å². The average molecular weight is 370 g/mol. The Morgan fingerprint density at radius 2 is 2.19 bits per heavy atom. The van der Waals surface area contributed by atoms with Crippen molar-refractivity contribution in [2.45, 2.75) is 46.1 Å². The Morgan fingerprint density at radius 3 is 2.85 bits per heavy atom. The molecule has 0 spiro atoms. The van der Waals surface area contributed by atoms with E-state index in [0.29, 0.717) is 41.5 Å². The second kappa shape index (κ2) is 8.20. The SMILES string of the molecule is CCCOc1cc(C([O-])=NCC)ccc1-n1nnc(C(=O)NC2CC2)c1C. The van der Waals surface area contributed by atoms with Gasteiger partial charge in [-0.3, -0.25) is 4.79 Å². The van der Waals surface area contributed by atoms with E-state index in [1.807, 2.05) is 13.8 Å². The molecule has 1 N–H and O–H groups in total. The number of ether oxygens (including phenoxy) is 1. The summed E-state index contributed by atoms with van der Waals surface area (Å²) >= 11 is 0. The molecule has 0 aliphatic heterocycles. The molecule has 27 heavy (non-hydrogen) atoms. The average Bonchev–Trinajstić information content (AvgIpc) is 3.39. The largest absolute Gasteiger partial charge is 0.858 e. The van der Waals surface area contributed by atoms with E-state index in [9.17, 15) is 9.90 Å². The number of benzene rings is 1. The predicted molar refractivity (Wildman–Crippen MR) is 99.4 cm³/mol. The molecular formula is C19H24N5O3-. The van der Waals surface area contributed by atoms with Crippen molar-refractivity contribution in [1.82, 2.24) is 20.3 Å². The minimum Gasteiger partial charge on any atom is -0.858 e. The van der Waals surface area contributed by atoms with Crippen LogP contribution >= 0.6 is 0 Å². The molecule has 1 saturated carbocycles. The van der Waals surface area contributed by atoms with Crippen LogP contribution in [-0.4, -0.2) is 46.0 Å². The van der Waals surface area contributed by atoms with Gasteiger partial charge in [0.2, 0.25) is 0 Å². The van der Waals surface area contributed by atoms with Crippen molar-refractivity contribution in [1.29, 1.82) is 0 Å². The highest BCUT2D eigenvalue weighted by Gasteiger charge is 2.27. The maximum atomic E-state index is 12.3. The monoisotopic (exact) mass is 370 g/mol. The van der Waals surface area contributed by atoms with Gasteiger partial charge >= 0.3 is 0 Å². The summed E-state index contributed by atoms with van der Waals surface area (Å²) in [6.45, 7) is 6.53. The number of hydrogen-bond donors (Lipinski definition) is 1. The Labute approximate surface area is 158 Å². The van der Waals surface area contributed by atoms with Crippen molar-refractivity contribution < 1.29 is 14.6 Å². The lowest BCUT2D eigenvalue weighted by Crippen LogP contribution is -2.26. The first-order valence-corrected chi connectivity index (χ1v) is 9.27. The molecule has 1 heterocycles. The van der Waals surface area contributed by atoms with Crippen LogP contribution < -0.4 is 15.2 Å². The van der Waals surface area contributed by atoms with Gasteiger partial charge in [-0.1, -0.05) is 18.2 Å². The number of carbonyl (C=O) groups is 1. The zero-order valence-corrected chi connectivity index (χ0v) is 15.9. The first kappa shape index (κ1) is 18.9. The normalized spacial score (nSPS) is 14.3. The molecule has 0 saturated heterocycles. The molecule has 0 atom stereocenters. The Bertz CT molecular complexity index is 855. The summed E-state index contributed by atoms with van der Waals surface area (Å²) in [5.41, 5.74) is 2.00. The third-order valence-electron chi connectivity index (χ3n) is 4.22. The number of amides is 1. The lowest BCUT2D eigenvalue weighted by Gasteiger charge is -2.16. The molecule has 1 aliphatic carbocycles. The van der Waals surface area contributed by atoms with E-state index < -0.39 is 0 Å². The molecule has 0 radical (unpaired) electrons. The van der Waals surface area contributed by atoms with E-state index >= 15 is 0 Å². The Kier molecular flexibility index (Phi) is 5.73. The fourth-order valence-electron chi connectivity index (χ4n) is 2.63. The predicted octanol–water partition coefficient (Wildman–Crippen LogP) is 1.38. The fraction of sp³-hybridized carbons (Fsp3) is 0.474. The molecule has 8 nitrogen and oxygen atoms in total. The van der Waals surface area contributed by atoms with Gasteiger partial charge in [-0.15, -0.1) is 5.10 Å². The third kappa shape index (κ3) is 4.27. The van der Waals surface area contributed by atoms with Crippen LogP contribution in [0, 0.1) is 6.92 Å². The van der Waals surface area contributed by atoms with E-state index in [1.165, 1.54) is 0 Å². The van der Waals surface area contributed by atoms with Crippen molar-refractivity contribution in [2.24, 2.45) is 4.99 Å². The Hall–Kier alpha value is -2.90. The smallest absolute Gasteiger partial charge is 0.273 e. The van der Waals surface area contributed by atoms with Gasteiger partial charge in [-0.2, -0.15) is 0 Å². The molecule has 0 unspecified atom stereocenters. The molecule has 3 rings (SSSR count). The van der Waals surface area contributed by atoms with Gasteiger partial charge in [0, 0.05) is 12.6 Å². The summed E-state index contributed by atoms with van der Waals surface area (Å²) in [6, 6.07) is 5.34. The van der Waals surface area contributed by atoms with Gasteiger partial charge in [-0.05, 0) is 56.7 Å². The van der Waals surface area contributed by atoms with Gasteiger partial charge in [0.1, 0.15) is 11.4 Å². The number of nitrogens with one attached hydrogen (secondary N) is 1. The van der Waals surface area contributed by atoms with Crippen LogP contribution in [-0.2, 0) is 0 Å². The van der Waals surface area contributed by atoms with Crippen LogP contribution in [0.25, 0.3) is 5.69 Å². The van der Waals surface area contributed by atoms with E-state index in [0.717, 1.165) is 19.3 Å². The fourth-order valence-corrected chi connectivity index (χ4v) is 2.63. The number of nitrogens with zero attached hydrogens (tertiary/aromatic N) is 4. The maximum Gasteiger partial charge on any atom is 0.273 e. The summed E-state index contributed by atoms with van der Waals surface area (Å²) in [4.78, 5) is 16.2. The van der Waals surface area contributed by atoms with Gasteiger partial charge in [-0.25, -0.2) is 4.68 Å². The maximum absolute atomic E-state index is 12.3. The minimum absolute atomic E-state index is 0.217. The van der Waals surface area contributed by atoms with E-state index in [2.05, 4.69) is 20.6 Å². The van der Waals surface area contributed by atoms with E-state index in [4.69, 9.17) is 4.74 Å². The molecule has 144 valence electrons. The molecule has 1 aliphatic rings. The minimum atomic E-state index is -0.287. The zero-order chi connectivity index (χ0) is 19.4.